The molecular formula is C33H37ClFN3O3. The van der Waals surface area contributed by atoms with Gasteiger partial charge >= 0.3 is 0 Å². The van der Waals surface area contributed by atoms with Gasteiger partial charge in [-0.3, -0.25) is 4.90 Å². The van der Waals surface area contributed by atoms with E-state index in [1.807, 2.05) is 12.1 Å². The number of ether oxygens (including phenoxy) is 3. The van der Waals surface area contributed by atoms with Crippen LogP contribution in [0.1, 0.15) is 79.7 Å². The van der Waals surface area contributed by atoms with E-state index >= 15 is 0 Å². The van der Waals surface area contributed by atoms with Crippen LogP contribution in [0.15, 0.2) is 36.4 Å². The van der Waals surface area contributed by atoms with Crippen molar-refractivity contribution in [3.63, 3.8) is 0 Å². The molecule has 2 saturated heterocycles. The van der Waals surface area contributed by atoms with Crippen molar-refractivity contribution in [3.05, 3.63) is 75.6 Å². The van der Waals surface area contributed by atoms with Crippen LogP contribution in [0.3, 0.4) is 0 Å². The Bertz CT molecular complexity index is 1490. The molecule has 2 atom stereocenters. The Morgan fingerprint density at radius 2 is 1.85 bits per heavy atom. The van der Waals surface area contributed by atoms with Gasteiger partial charge in [0.1, 0.15) is 11.6 Å². The second-order valence-electron chi connectivity index (χ2n) is 13.1. The summed E-state index contributed by atoms with van der Waals surface area (Å²) in [5.74, 6) is 2.23. The van der Waals surface area contributed by atoms with Crippen molar-refractivity contribution in [1.29, 1.82) is 0 Å². The van der Waals surface area contributed by atoms with Crippen LogP contribution < -0.4 is 9.47 Å². The van der Waals surface area contributed by atoms with Gasteiger partial charge in [-0.25, -0.2) is 9.37 Å². The highest BCUT2D eigenvalue weighted by Crippen LogP contribution is 2.65. The summed E-state index contributed by atoms with van der Waals surface area (Å²) in [7, 11) is 0. The smallest absolute Gasteiger partial charge is 0.278 e. The molecule has 3 aliphatic carbocycles. The first-order chi connectivity index (χ1) is 19.8. The highest BCUT2D eigenvalue weighted by molar-refractivity contribution is 6.30. The van der Waals surface area contributed by atoms with E-state index in [0.717, 1.165) is 69.3 Å². The first-order valence-electron chi connectivity index (χ1n) is 15.2. The van der Waals surface area contributed by atoms with Crippen LogP contribution in [0.25, 0.3) is 0 Å². The van der Waals surface area contributed by atoms with E-state index in [2.05, 4.69) is 22.5 Å². The van der Waals surface area contributed by atoms with E-state index in [4.69, 9.17) is 30.8 Å². The molecule has 0 radical (unpaired) electrons. The van der Waals surface area contributed by atoms with Crippen molar-refractivity contribution in [3.8, 4) is 11.5 Å². The molecule has 0 amide bonds. The zero-order valence-corrected chi connectivity index (χ0v) is 24.6. The number of nitrogens with zero attached hydrogens (tertiary/aromatic N) is 3. The number of fused-ring (bicyclic) bond motifs is 1. The predicted octanol–water partition coefficient (Wildman–Crippen LogP) is 6.85. The monoisotopic (exact) mass is 577 g/mol. The molecule has 0 spiro atoms. The molecule has 0 N–H and O–H groups in total. The van der Waals surface area contributed by atoms with Gasteiger partial charge in [0.05, 0.1) is 30.5 Å². The van der Waals surface area contributed by atoms with Crippen LogP contribution in [-0.2, 0) is 29.0 Å². The SMILES string of the molecule is Cc1nc(CN2CCC(c3cccc4c3O[C@@](C)(c3ccc(Cl)cc3F)O4)CC2)n(C[C@@H]2CCO2)c1C12CC(C1)C2. The van der Waals surface area contributed by atoms with Crippen molar-refractivity contribution in [2.75, 3.05) is 19.7 Å². The molecule has 2 bridgehead atoms. The standard InChI is InChI=1S/C33H37ClFN3O3/c1-20-31(33-15-21(16-33)17-33)38(18-24-10-13-39-24)29(36-20)19-37-11-8-22(9-12-37)25-4-3-5-28-30(25)41-32(2,40-28)26-7-6-23(34)14-27(26)35/h3-7,14,21-22,24H,8-13,15-19H2,1-2H3/t21?,24-,32-,33?/m0/s1. The lowest BCUT2D eigenvalue weighted by Gasteiger charge is -2.62. The molecule has 41 heavy (non-hydrogen) atoms. The topological polar surface area (TPSA) is 48.8 Å². The maximum atomic E-state index is 14.8. The van der Waals surface area contributed by atoms with Gasteiger partial charge in [0, 0.05) is 35.2 Å². The van der Waals surface area contributed by atoms with Crippen molar-refractivity contribution in [1.82, 2.24) is 14.5 Å². The summed E-state index contributed by atoms with van der Waals surface area (Å²) in [5.41, 5.74) is 4.60. The normalized spacial score (nSPS) is 30.5. The van der Waals surface area contributed by atoms with Crippen LogP contribution in [0.2, 0.25) is 5.02 Å². The maximum Gasteiger partial charge on any atom is 0.278 e. The van der Waals surface area contributed by atoms with Gasteiger partial charge in [-0.05, 0) is 94.6 Å². The molecule has 4 heterocycles. The fraction of sp³-hybridized carbons (Fsp3) is 0.545. The zero-order chi connectivity index (χ0) is 27.9. The third kappa shape index (κ3) is 4.22. The molecule has 8 heteroatoms. The molecule has 0 unspecified atom stereocenters. The minimum absolute atomic E-state index is 0.327. The molecule has 216 valence electrons. The molecule has 3 saturated carbocycles. The van der Waals surface area contributed by atoms with Gasteiger partial charge in [-0.1, -0.05) is 23.7 Å². The lowest BCUT2D eigenvalue weighted by molar-refractivity contribution is -0.0712. The predicted molar refractivity (Wildman–Crippen MR) is 154 cm³/mol. The van der Waals surface area contributed by atoms with Crippen LogP contribution in [-0.4, -0.2) is 40.3 Å². The van der Waals surface area contributed by atoms with Crippen LogP contribution in [0, 0.1) is 18.7 Å². The molecule has 9 rings (SSSR count). The average molecular weight is 578 g/mol. The Kier molecular flexibility index (Phi) is 6.00. The molecule has 3 aromatic rings. The van der Waals surface area contributed by atoms with Crippen LogP contribution in [0.5, 0.6) is 11.5 Å². The van der Waals surface area contributed by atoms with Gasteiger partial charge < -0.3 is 18.8 Å². The number of aryl methyl sites for hydroxylation is 1. The summed E-state index contributed by atoms with van der Waals surface area (Å²) in [4.78, 5) is 7.71. The molecule has 3 aliphatic heterocycles. The Labute approximate surface area is 245 Å². The number of benzene rings is 2. The van der Waals surface area contributed by atoms with E-state index in [0.29, 0.717) is 33.8 Å². The lowest BCUT2D eigenvalue weighted by atomic mass is 9.43. The fourth-order valence-electron chi connectivity index (χ4n) is 8.06. The van der Waals surface area contributed by atoms with Gasteiger partial charge in [-0.2, -0.15) is 0 Å². The minimum atomic E-state index is -1.23. The van der Waals surface area contributed by atoms with Crippen molar-refractivity contribution >= 4 is 11.6 Å². The van der Waals surface area contributed by atoms with Crippen LogP contribution in [0.4, 0.5) is 4.39 Å². The zero-order valence-electron chi connectivity index (χ0n) is 23.8. The molecule has 6 aliphatic rings. The lowest BCUT2D eigenvalue weighted by Crippen LogP contribution is -2.56. The number of piperidine rings is 1. The third-order valence-electron chi connectivity index (χ3n) is 10.4. The average Bonchev–Trinajstić information content (AvgIpc) is 3.36. The summed E-state index contributed by atoms with van der Waals surface area (Å²) < 4.78 is 35.8. The second kappa shape index (κ2) is 9.45. The first kappa shape index (κ1) is 26.1. The van der Waals surface area contributed by atoms with E-state index in [1.165, 1.54) is 42.5 Å². The number of imidazole rings is 1. The Morgan fingerprint density at radius 3 is 2.51 bits per heavy atom. The number of halogens is 2. The van der Waals surface area contributed by atoms with Crippen molar-refractivity contribution in [2.24, 2.45) is 5.92 Å². The molecule has 6 nitrogen and oxygen atoms in total. The number of rotatable bonds is 7. The number of hydrogen-bond donors (Lipinski definition) is 0. The summed E-state index contributed by atoms with van der Waals surface area (Å²) in [5, 5.41) is 0.349. The van der Waals surface area contributed by atoms with E-state index < -0.39 is 11.6 Å². The Balaban J connectivity index is 0.981. The number of hydrogen-bond acceptors (Lipinski definition) is 5. The molecule has 5 fully saturated rings. The van der Waals surface area contributed by atoms with Gasteiger partial charge in [-0.15, -0.1) is 0 Å². The minimum Gasteiger partial charge on any atom is -0.444 e. The largest absolute Gasteiger partial charge is 0.444 e. The number of likely N-dealkylation sites (tertiary alicyclic amines) is 1. The number of para-hydroxylation sites is 1. The highest BCUT2D eigenvalue weighted by Gasteiger charge is 2.59. The summed E-state index contributed by atoms with van der Waals surface area (Å²) in [6.45, 7) is 8.67. The van der Waals surface area contributed by atoms with Gasteiger partial charge in [0.25, 0.3) is 5.79 Å². The molecular weight excluding hydrogens is 541 g/mol. The van der Waals surface area contributed by atoms with E-state index in [-0.39, 0.29) is 0 Å². The fourth-order valence-corrected chi connectivity index (χ4v) is 8.22. The van der Waals surface area contributed by atoms with E-state index in [9.17, 15) is 4.39 Å². The Morgan fingerprint density at radius 1 is 1.07 bits per heavy atom. The third-order valence-corrected chi connectivity index (χ3v) is 10.6. The van der Waals surface area contributed by atoms with Gasteiger partial charge in [0.2, 0.25) is 0 Å². The molecule has 2 aromatic carbocycles. The Hall–Kier alpha value is -2.61. The number of aromatic nitrogens is 2. The molecule has 1 aromatic heterocycles. The quantitative estimate of drug-likeness (QED) is 0.307. The first-order valence-corrected chi connectivity index (χ1v) is 15.5. The summed E-state index contributed by atoms with van der Waals surface area (Å²) in [6.07, 6.45) is 7.54. The van der Waals surface area contributed by atoms with Crippen molar-refractivity contribution < 1.29 is 18.6 Å². The van der Waals surface area contributed by atoms with Crippen molar-refractivity contribution in [2.45, 2.75) is 88.7 Å². The van der Waals surface area contributed by atoms with Crippen LogP contribution >= 0.6 is 11.6 Å². The summed E-state index contributed by atoms with van der Waals surface area (Å²) >= 11 is 5.99. The second-order valence-corrected chi connectivity index (χ2v) is 13.5. The highest BCUT2D eigenvalue weighted by atomic mass is 35.5. The van der Waals surface area contributed by atoms with Gasteiger partial charge in [0.15, 0.2) is 11.5 Å². The maximum absolute atomic E-state index is 14.8. The summed E-state index contributed by atoms with van der Waals surface area (Å²) in [6, 6.07) is 10.7. The van der Waals surface area contributed by atoms with E-state index in [1.54, 1.807) is 19.1 Å².